The van der Waals surface area contributed by atoms with Crippen LogP contribution in [0.25, 0.3) is 5.78 Å². The van der Waals surface area contributed by atoms with Crippen LogP contribution in [0.4, 0.5) is 0 Å². The average Bonchev–Trinajstić information content (AvgIpc) is 3.22. The molecule has 1 atom stereocenters. The zero-order valence-corrected chi connectivity index (χ0v) is 14.4. The first-order valence-electron chi connectivity index (χ1n) is 8.52. The van der Waals surface area contributed by atoms with Crippen molar-refractivity contribution in [2.45, 2.75) is 39.2 Å². The number of fused-ring (bicyclic) bond motifs is 1. The van der Waals surface area contributed by atoms with E-state index in [1.165, 1.54) is 0 Å². The minimum absolute atomic E-state index is 0.0402. The largest absolute Gasteiger partial charge is 0.334 e. The van der Waals surface area contributed by atoms with Crippen LogP contribution in [0.5, 0.6) is 0 Å². The molecule has 0 aromatic carbocycles. The normalized spacial score (nSPS) is 17.4. The Balaban J connectivity index is 1.56. The van der Waals surface area contributed by atoms with Crippen molar-refractivity contribution in [3.05, 3.63) is 53.4 Å². The van der Waals surface area contributed by atoms with E-state index in [4.69, 9.17) is 0 Å². The third kappa shape index (κ3) is 2.97. The number of amides is 1. The molecular formula is C18H20N6O. The fourth-order valence-electron chi connectivity index (χ4n) is 3.47. The van der Waals surface area contributed by atoms with Gasteiger partial charge in [0.1, 0.15) is 0 Å². The lowest BCUT2D eigenvalue weighted by atomic mass is 10.1. The molecule has 25 heavy (non-hydrogen) atoms. The lowest BCUT2D eigenvalue weighted by Gasteiger charge is -2.23. The number of hydrogen-bond acceptors (Lipinski definition) is 5. The summed E-state index contributed by atoms with van der Waals surface area (Å²) in [6.45, 7) is 4.64. The summed E-state index contributed by atoms with van der Waals surface area (Å²) in [6.07, 6.45) is 3.90. The number of pyridine rings is 1. The molecule has 0 aliphatic carbocycles. The van der Waals surface area contributed by atoms with Crippen molar-refractivity contribution in [3.63, 3.8) is 0 Å². The second-order valence-corrected chi connectivity index (χ2v) is 6.46. The summed E-state index contributed by atoms with van der Waals surface area (Å²) in [7, 11) is 0. The number of carbonyl (C=O) groups excluding carboxylic acids is 1. The lowest BCUT2D eigenvalue weighted by Crippen LogP contribution is -2.32. The van der Waals surface area contributed by atoms with Crippen molar-refractivity contribution in [2.24, 2.45) is 0 Å². The van der Waals surface area contributed by atoms with Crippen LogP contribution in [-0.4, -0.2) is 41.9 Å². The van der Waals surface area contributed by atoms with Crippen LogP contribution in [-0.2, 0) is 11.2 Å². The van der Waals surface area contributed by atoms with Crippen LogP contribution in [0, 0.1) is 13.8 Å². The molecule has 7 heteroatoms. The minimum atomic E-state index is 0.0402. The summed E-state index contributed by atoms with van der Waals surface area (Å²) in [6, 6.07) is 7.83. The number of hydrogen-bond donors (Lipinski definition) is 0. The second-order valence-electron chi connectivity index (χ2n) is 6.46. The number of carbonyl (C=O) groups is 1. The summed E-state index contributed by atoms with van der Waals surface area (Å²) in [5.41, 5.74) is 2.80. The van der Waals surface area contributed by atoms with Crippen molar-refractivity contribution >= 4 is 11.7 Å². The first-order chi connectivity index (χ1) is 12.1. The van der Waals surface area contributed by atoms with Gasteiger partial charge in [-0.25, -0.2) is 9.50 Å². The van der Waals surface area contributed by atoms with Crippen LogP contribution in [0.1, 0.15) is 41.8 Å². The van der Waals surface area contributed by atoms with Gasteiger partial charge in [0.25, 0.3) is 5.78 Å². The quantitative estimate of drug-likeness (QED) is 0.731. The van der Waals surface area contributed by atoms with Crippen LogP contribution >= 0.6 is 0 Å². The zero-order valence-electron chi connectivity index (χ0n) is 14.4. The van der Waals surface area contributed by atoms with E-state index in [-0.39, 0.29) is 18.4 Å². The molecular weight excluding hydrogens is 316 g/mol. The van der Waals surface area contributed by atoms with Crippen LogP contribution < -0.4 is 0 Å². The van der Waals surface area contributed by atoms with E-state index < -0.39 is 0 Å². The van der Waals surface area contributed by atoms with Gasteiger partial charge in [-0.05, 0) is 44.9 Å². The van der Waals surface area contributed by atoms with Crippen molar-refractivity contribution in [1.82, 2.24) is 29.5 Å². The summed E-state index contributed by atoms with van der Waals surface area (Å²) in [5, 5.41) is 4.44. The molecule has 4 heterocycles. The highest BCUT2D eigenvalue weighted by molar-refractivity contribution is 5.78. The van der Waals surface area contributed by atoms with Crippen molar-refractivity contribution < 1.29 is 4.79 Å². The zero-order chi connectivity index (χ0) is 17.4. The van der Waals surface area contributed by atoms with E-state index in [0.717, 1.165) is 36.5 Å². The SMILES string of the molecule is Cc1cc(C)n2nc(CC(=O)N3CCCC3c3ccccn3)nc2n1. The van der Waals surface area contributed by atoms with Gasteiger partial charge in [0.05, 0.1) is 18.2 Å². The van der Waals surface area contributed by atoms with Crippen LogP contribution in [0.15, 0.2) is 30.5 Å². The number of likely N-dealkylation sites (tertiary alicyclic amines) is 1. The Morgan fingerprint density at radius 1 is 1.28 bits per heavy atom. The second kappa shape index (κ2) is 6.23. The summed E-state index contributed by atoms with van der Waals surface area (Å²) in [5.74, 6) is 1.10. The highest BCUT2D eigenvalue weighted by atomic mass is 16.2. The van der Waals surface area contributed by atoms with E-state index >= 15 is 0 Å². The Hall–Kier alpha value is -2.83. The Morgan fingerprint density at radius 2 is 2.16 bits per heavy atom. The van der Waals surface area contributed by atoms with Gasteiger partial charge in [-0.15, -0.1) is 5.10 Å². The highest BCUT2D eigenvalue weighted by Gasteiger charge is 2.31. The van der Waals surface area contributed by atoms with Gasteiger partial charge in [0.2, 0.25) is 5.91 Å². The molecule has 0 radical (unpaired) electrons. The lowest BCUT2D eigenvalue weighted by molar-refractivity contribution is -0.131. The summed E-state index contributed by atoms with van der Waals surface area (Å²) in [4.78, 5) is 27.9. The van der Waals surface area contributed by atoms with E-state index in [2.05, 4.69) is 20.1 Å². The predicted molar refractivity (Wildman–Crippen MR) is 91.9 cm³/mol. The molecule has 0 saturated carbocycles. The van der Waals surface area contributed by atoms with Gasteiger partial charge in [-0.3, -0.25) is 9.78 Å². The first kappa shape index (κ1) is 15.7. The average molecular weight is 336 g/mol. The maximum atomic E-state index is 12.8. The molecule has 128 valence electrons. The van der Waals surface area contributed by atoms with Gasteiger partial charge in [0, 0.05) is 24.1 Å². The standard InChI is InChI=1S/C18H20N6O/c1-12-10-13(2)24-18(20-12)21-16(22-24)11-17(25)23-9-5-7-15(23)14-6-3-4-8-19-14/h3-4,6,8,10,15H,5,7,9,11H2,1-2H3. The summed E-state index contributed by atoms with van der Waals surface area (Å²) >= 11 is 0. The van der Waals surface area contributed by atoms with E-state index in [0.29, 0.717) is 11.6 Å². The van der Waals surface area contributed by atoms with E-state index in [9.17, 15) is 4.79 Å². The summed E-state index contributed by atoms with van der Waals surface area (Å²) < 4.78 is 1.69. The Bertz CT molecular complexity index is 920. The fraction of sp³-hybridized carbons (Fsp3) is 0.389. The third-order valence-electron chi connectivity index (χ3n) is 4.57. The monoisotopic (exact) mass is 336 g/mol. The molecule has 3 aromatic heterocycles. The van der Waals surface area contributed by atoms with Gasteiger partial charge in [0.15, 0.2) is 5.82 Å². The maximum Gasteiger partial charge on any atom is 0.252 e. The smallest absolute Gasteiger partial charge is 0.252 e. The first-order valence-corrected chi connectivity index (χ1v) is 8.52. The molecule has 0 bridgehead atoms. The fourth-order valence-corrected chi connectivity index (χ4v) is 3.47. The number of nitrogens with zero attached hydrogens (tertiary/aromatic N) is 6. The van der Waals surface area contributed by atoms with Crippen molar-refractivity contribution in [2.75, 3.05) is 6.54 Å². The Labute approximate surface area is 145 Å². The molecule has 7 nitrogen and oxygen atoms in total. The topological polar surface area (TPSA) is 76.3 Å². The van der Waals surface area contributed by atoms with Gasteiger partial charge in [-0.2, -0.15) is 4.98 Å². The van der Waals surface area contributed by atoms with Crippen molar-refractivity contribution in [1.29, 1.82) is 0 Å². The number of aryl methyl sites for hydroxylation is 2. The molecule has 0 spiro atoms. The van der Waals surface area contributed by atoms with E-state index in [1.54, 1.807) is 10.7 Å². The van der Waals surface area contributed by atoms with Crippen LogP contribution in [0.2, 0.25) is 0 Å². The third-order valence-corrected chi connectivity index (χ3v) is 4.57. The number of aromatic nitrogens is 5. The highest BCUT2D eigenvalue weighted by Crippen LogP contribution is 2.30. The number of rotatable bonds is 3. The minimum Gasteiger partial charge on any atom is -0.334 e. The maximum absolute atomic E-state index is 12.8. The van der Waals surface area contributed by atoms with Crippen LogP contribution in [0.3, 0.4) is 0 Å². The van der Waals surface area contributed by atoms with Crippen molar-refractivity contribution in [3.8, 4) is 0 Å². The molecule has 1 aliphatic heterocycles. The predicted octanol–water partition coefficient (Wildman–Crippen LogP) is 2.04. The molecule has 1 saturated heterocycles. The Morgan fingerprint density at radius 3 is 2.96 bits per heavy atom. The molecule has 4 rings (SSSR count). The Kier molecular flexibility index (Phi) is 3.91. The molecule has 1 unspecified atom stereocenters. The molecule has 1 amide bonds. The van der Waals surface area contributed by atoms with Gasteiger partial charge < -0.3 is 4.90 Å². The van der Waals surface area contributed by atoms with E-state index in [1.807, 2.05) is 43.0 Å². The molecule has 1 aliphatic rings. The van der Waals surface area contributed by atoms with Gasteiger partial charge in [-0.1, -0.05) is 6.07 Å². The molecule has 1 fully saturated rings. The molecule has 3 aromatic rings. The molecule has 0 N–H and O–H groups in total. The van der Waals surface area contributed by atoms with Gasteiger partial charge >= 0.3 is 0 Å².